The molecular formula is C27H33N5O6. The molecule has 1 fully saturated rings. The van der Waals surface area contributed by atoms with Crippen LogP contribution in [0.1, 0.15) is 28.8 Å². The normalized spacial score (nSPS) is 16.0. The third kappa shape index (κ3) is 6.42. The average Bonchev–Trinajstić information content (AvgIpc) is 2.95. The predicted molar refractivity (Wildman–Crippen MR) is 143 cm³/mol. The number of aromatic nitrogens is 2. The van der Waals surface area contributed by atoms with Crippen molar-refractivity contribution in [3.8, 4) is 17.2 Å². The number of aliphatic hydroxyl groups excluding tert-OH is 1. The molecule has 0 saturated carbocycles. The van der Waals surface area contributed by atoms with E-state index in [9.17, 15) is 15.0 Å². The molecule has 2 aromatic carbocycles. The monoisotopic (exact) mass is 523 g/mol. The van der Waals surface area contributed by atoms with Gasteiger partial charge in [-0.15, -0.1) is 0 Å². The zero-order valence-corrected chi connectivity index (χ0v) is 21.7. The highest BCUT2D eigenvalue weighted by Crippen LogP contribution is 2.40. The molecule has 202 valence electrons. The summed E-state index contributed by atoms with van der Waals surface area (Å²) < 4.78 is 16.2. The number of ether oxygens (including phenoxy) is 3. The van der Waals surface area contributed by atoms with Crippen molar-refractivity contribution in [1.29, 1.82) is 0 Å². The summed E-state index contributed by atoms with van der Waals surface area (Å²) in [6.07, 6.45) is 2.71. The summed E-state index contributed by atoms with van der Waals surface area (Å²) in [7, 11) is 4.66. The number of methoxy groups -OCH3 is 3. The molecule has 1 aromatic heterocycles. The van der Waals surface area contributed by atoms with Crippen LogP contribution in [0.5, 0.6) is 17.2 Å². The molecule has 4 N–H and O–H groups in total. The topological polar surface area (TPSA) is 138 Å². The molecule has 38 heavy (non-hydrogen) atoms. The summed E-state index contributed by atoms with van der Waals surface area (Å²) in [5.41, 5.74) is 1.71. The highest BCUT2D eigenvalue weighted by Gasteiger charge is 2.27. The molecule has 11 nitrogen and oxygen atoms in total. The Labute approximate surface area is 221 Å². The van der Waals surface area contributed by atoms with E-state index in [4.69, 9.17) is 19.2 Å². The fraction of sp³-hybridized carbons (Fsp3) is 0.370. The number of hydrogen-bond acceptors (Lipinski definition) is 10. The quantitative estimate of drug-likeness (QED) is 0.276. The fourth-order valence-corrected chi connectivity index (χ4v) is 4.55. The first-order valence-corrected chi connectivity index (χ1v) is 12.3. The molecular weight excluding hydrogens is 490 g/mol. The SMILES string of the molecule is COc1cc(Nc2nccc(N3CCCC(C(O)NCc4cccc(C(=O)O)c4)C3)n2)cc(OC)c1OC. The molecule has 0 spiro atoms. The molecule has 0 aliphatic carbocycles. The van der Waals surface area contributed by atoms with Gasteiger partial charge in [-0.1, -0.05) is 12.1 Å². The van der Waals surface area contributed by atoms with Crippen LogP contribution < -0.4 is 29.7 Å². The van der Waals surface area contributed by atoms with Gasteiger partial charge in [-0.2, -0.15) is 4.98 Å². The number of carboxylic acids is 1. The first-order chi connectivity index (χ1) is 18.4. The third-order valence-corrected chi connectivity index (χ3v) is 6.48. The number of anilines is 3. The lowest BCUT2D eigenvalue weighted by Gasteiger charge is -2.36. The van der Waals surface area contributed by atoms with Crippen molar-refractivity contribution >= 4 is 23.4 Å². The molecule has 3 aromatic rings. The maximum Gasteiger partial charge on any atom is 0.335 e. The predicted octanol–water partition coefficient (Wildman–Crippen LogP) is 3.27. The summed E-state index contributed by atoms with van der Waals surface area (Å²) in [5.74, 6) is 1.70. The average molecular weight is 524 g/mol. The Morgan fingerprint density at radius 1 is 1.13 bits per heavy atom. The number of nitrogens with one attached hydrogen (secondary N) is 2. The number of carboxylic acid groups (broad SMARTS) is 1. The fourth-order valence-electron chi connectivity index (χ4n) is 4.55. The van der Waals surface area contributed by atoms with Gasteiger partial charge in [-0.05, 0) is 36.6 Å². The van der Waals surface area contributed by atoms with Crippen LogP contribution in [0.4, 0.5) is 17.5 Å². The van der Waals surface area contributed by atoms with Gasteiger partial charge in [-0.25, -0.2) is 9.78 Å². The molecule has 2 atom stereocenters. The molecule has 2 heterocycles. The highest BCUT2D eigenvalue weighted by atomic mass is 16.5. The minimum Gasteiger partial charge on any atom is -0.493 e. The lowest BCUT2D eigenvalue weighted by Crippen LogP contribution is -2.46. The van der Waals surface area contributed by atoms with Crippen molar-refractivity contribution in [2.24, 2.45) is 5.92 Å². The van der Waals surface area contributed by atoms with Crippen LogP contribution in [0, 0.1) is 5.92 Å². The zero-order chi connectivity index (χ0) is 27.1. The molecule has 0 amide bonds. The van der Waals surface area contributed by atoms with Gasteiger partial charge in [-0.3, -0.25) is 5.32 Å². The molecule has 2 unspecified atom stereocenters. The van der Waals surface area contributed by atoms with E-state index >= 15 is 0 Å². The van der Waals surface area contributed by atoms with Gasteiger partial charge in [0, 0.05) is 49.6 Å². The van der Waals surface area contributed by atoms with Crippen LogP contribution >= 0.6 is 0 Å². The first-order valence-electron chi connectivity index (χ1n) is 12.3. The number of carbonyl (C=O) groups is 1. The minimum atomic E-state index is -0.973. The number of aromatic carboxylic acids is 1. The second kappa shape index (κ2) is 12.4. The molecule has 1 saturated heterocycles. The standard InChI is InChI=1S/C27H33N5O6/c1-36-21-13-20(14-22(37-2)24(21)38-3)30-27-28-10-9-23(31-27)32-11-5-8-19(16-32)25(33)29-15-17-6-4-7-18(12-17)26(34)35/h4,6-7,9-10,12-14,19,25,29,33H,5,8,11,15-16H2,1-3H3,(H,34,35)(H,28,30,31). The Morgan fingerprint density at radius 2 is 1.89 bits per heavy atom. The van der Waals surface area contributed by atoms with Crippen molar-refractivity contribution < 1.29 is 29.2 Å². The zero-order valence-electron chi connectivity index (χ0n) is 21.7. The van der Waals surface area contributed by atoms with Crippen LogP contribution in [0.3, 0.4) is 0 Å². The minimum absolute atomic E-state index is 0.0205. The van der Waals surface area contributed by atoms with Gasteiger partial charge >= 0.3 is 5.97 Å². The van der Waals surface area contributed by atoms with E-state index < -0.39 is 12.2 Å². The Balaban J connectivity index is 1.41. The smallest absolute Gasteiger partial charge is 0.335 e. The van der Waals surface area contributed by atoms with Crippen LogP contribution in [0.25, 0.3) is 0 Å². The second-order valence-corrected chi connectivity index (χ2v) is 8.96. The lowest BCUT2D eigenvalue weighted by atomic mass is 9.96. The van der Waals surface area contributed by atoms with E-state index in [0.717, 1.165) is 30.8 Å². The van der Waals surface area contributed by atoms with E-state index in [-0.39, 0.29) is 11.5 Å². The van der Waals surface area contributed by atoms with Gasteiger partial charge in [0.05, 0.1) is 26.9 Å². The third-order valence-electron chi connectivity index (χ3n) is 6.48. The number of nitrogens with zero attached hydrogens (tertiary/aromatic N) is 3. The number of hydrogen-bond donors (Lipinski definition) is 4. The molecule has 11 heteroatoms. The van der Waals surface area contributed by atoms with E-state index in [1.54, 1.807) is 57.9 Å². The maximum atomic E-state index is 11.2. The van der Waals surface area contributed by atoms with E-state index in [0.29, 0.717) is 42.0 Å². The van der Waals surface area contributed by atoms with Crippen LogP contribution in [-0.4, -0.2) is 66.8 Å². The first kappa shape index (κ1) is 27.0. The molecule has 0 radical (unpaired) electrons. The van der Waals surface area contributed by atoms with E-state index in [1.165, 1.54) is 0 Å². The van der Waals surface area contributed by atoms with Gasteiger partial charge in [0.2, 0.25) is 11.7 Å². The number of benzene rings is 2. The maximum absolute atomic E-state index is 11.2. The highest BCUT2D eigenvalue weighted by molar-refractivity contribution is 5.87. The van der Waals surface area contributed by atoms with Crippen molar-refractivity contribution in [2.45, 2.75) is 25.6 Å². The molecule has 4 rings (SSSR count). The summed E-state index contributed by atoms with van der Waals surface area (Å²) in [4.78, 5) is 22.4. The second-order valence-electron chi connectivity index (χ2n) is 8.96. The van der Waals surface area contributed by atoms with Gasteiger partial charge in [0.25, 0.3) is 0 Å². The summed E-state index contributed by atoms with van der Waals surface area (Å²) >= 11 is 0. The molecule has 1 aliphatic heterocycles. The van der Waals surface area contributed by atoms with Gasteiger partial charge < -0.3 is 34.6 Å². The van der Waals surface area contributed by atoms with E-state index in [1.807, 2.05) is 12.1 Å². The summed E-state index contributed by atoms with van der Waals surface area (Å²) in [5, 5.41) is 26.4. The number of aliphatic hydroxyl groups is 1. The van der Waals surface area contributed by atoms with Crippen LogP contribution in [0.2, 0.25) is 0 Å². The summed E-state index contributed by atoms with van der Waals surface area (Å²) in [6.45, 7) is 1.80. The Morgan fingerprint density at radius 3 is 2.58 bits per heavy atom. The van der Waals surface area contributed by atoms with Crippen molar-refractivity contribution in [2.75, 3.05) is 44.6 Å². The van der Waals surface area contributed by atoms with Crippen molar-refractivity contribution in [3.05, 3.63) is 59.8 Å². The molecule has 0 bridgehead atoms. The Hall–Kier alpha value is -4.09. The van der Waals surface area contributed by atoms with Crippen molar-refractivity contribution in [3.63, 3.8) is 0 Å². The number of rotatable bonds is 11. The van der Waals surface area contributed by atoms with E-state index in [2.05, 4.69) is 20.5 Å². The largest absolute Gasteiger partial charge is 0.493 e. The number of piperidine rings is 1. The molecule has 1 aliphatic rings. The van der Waals surface area contributed by atoms with Gasteiger partial charge in [0.15, 0.2) is 11.5 Å². The van der Waals surface area contributed by atoms with Crippen LogP contribution in [0.15, 0.2) is 48.7 Å². The van der Waals surface area contributed by atoms with Crippen LogP contribution in [-0.2, 0) is 6.54 Å². The Bertz CT molecular complexity index is 1230. The lowest BCUT2D eigenvalue weighted by molar-refractivity contribution is 0.0648. The van der Waals surface area contributed by atoms with Crippen molar-refractivity contribution in [1.82, 2.24) is 15.3 Å². The Kier molecular flexibility index (Phi) is 8.82. The summed E-state index contributed by atoms with van der Waals surface area (Å²) in [6, 6.07) is 12.1. The van der Waals surface area contributed by atoms with Gasteiger partial charge in [0.1, 0.15) is 12.0 Å².